The maximum Gasteiger partial charge on any atom is 0.210 e. The minimum Gasteiger partial charge on any atom is -0.383 e. The first-order chi connectivity index (χ1) is 13.0. The van der Waals surface area contributed by atoms with Crippen molar-refractivity contribution in [1.82, 2.24) is 24.8 Å². The molecule has 144 valence electrons. The van der Waals surface area contributed by atoms with Gasteiger partial charge in [0.2, 0.25) is 5.16 Å². The number of ketones is 1. The number of hydrogen-bond donors (Lipinski definition) is 0. The predicted octanol–water partition coefficient (Wildman–Crippen LogP) is 3.38. The number of thioether (sulfide) groups is 1. The Balaban J connectivity index is 1.69. The number of rotatable bonds is 9. The molecule has 0 aliphatic carbocycles. The lowest BCUT2D eigenvalue weighted by Gasteiger charge is -2.17. The van der Waals surface area contributed by atoms with Gasteiger partial charge in [0.1, 0.15) is 0 Å². The van der Waals surface area contributed by atoms with Gasteiger partial charge >= 0.3 is 0 Å². The standard InChI is InChI=1S/C18H23N5O2S2/c1-12-8-16(14(3)23(12)13(2)10-25-4)17(24)11-27-18-19-20-21-22(18)9-15-6-5-7-26-15/h5-8,13H,9-11H2,1-4H3. The number of methoxy groups -OCH3 is 1. The molecule has 1 atom stereocenters. The average molecular weight is 406 g/mol. The maximum absolute atomic E-state index is 12.8. The number of Topliss-reactive ketones (excluding diaryl/α,β-unsaturated/α-hetero) is 1. The molecule has 9 heteroatoms. The van der Waals surface area contributed by atoms with Crippen molar-refractivity contribution in [1.29, 1.82) is 0 Å². The minimum absolute atomic E-state index is 0.0784. The summed E-state index contributed by atoms with van der Waals surface area (Å²) in [5.41, 5.74) is 2.79. The Labute approximate surface area is 166 Å². The van der Waals surface area contributed by atoms with Crippen molar-refractivity contribution in [3.8, 4) is 0 Å². The Morgan fingerprint density at radius 1 is 1.41 bits per heavy atom. The molecule has 0 aliphatic rings. The Hall–Kier alpha value is -1.97. The molecule has 3 rings (SSSR count). The van der Waals surface area contributed by atoms with E-state index in [1.165, 1.54) is 16.6 Å². The van der Waals surface area contributed by atoms with E-state index >= 15 is 0 Å². The summed E-state index contributed by atoms with van der Waals surface area (Å²) < 4.78 is 9.14. The van der Waals surface area contributed by atoms with Gasteiger partial charge in [0.05, 0.1) is 24.9 Å². The van der Waals surface area contributed by atoms with Crippen molar-refractivity contribution in [2.24, 2.45) is 0 Å². The highest BCUT2D eigenvalue weighted by atomic mass is 32.2. The van der Waals surface area contributed by atoms with Gasteiger partial charge in [0, 0.05) is 28.9 Å². The van der Waals surface area contributed by atoms with Crippen molar-refractivity contribution in [3.05, 3.63) is 45.4 Å². The molecule has 0 bridgehead atoms. The topological polar surface area (TPSA) is 74.8 Å². The summed E-state index contributed by atoms with van der Waals surface area (Å²) in [5, 5.41) is 14.5. The molecule has 0 spiro atoms. The van der Waals surface area contributed by atoms with Crippen LogP contribution in [0.15, 0.2) is 28.7 Å². The van der Waals surface area contributed by atoms with Crippen LogP contribution in [0.3, 0.4) is 0 Å². The van der Waals surface area contributed by atoms with Crippen LogP contribution in [-0.4, -0.2) is 50.0 Å². The molecule has 0 amide bonds. The number of carbonyl (C=O) groups is 1. The fourth-order valence-corrected chi connectivity index (χ4v) is 4.66. The van der Waals surface area contributed by atoms with Gasteiger partial charge in [-0.15, -0.1) is 16.4 Å². The van der Waals surface area contributed by atoms with E-state index in [1.54, 1.807) is 23.1 Å². The molecule has 0 saturated heterocycles. The van der Waals surface area contributed by atoms with E-state index in [-0.39, 0.29) is 11.8 Å². The molecule has 0 N–H and O–H groups in total. The van der Waals surface area contributed by atoms with Gasteiger partial charge in [-0.1, -0.05) is 17.8 Å². The summed E-state index contributed by atoms with van der Waals surface area (Å²) in [5.74, 6) is 0.378. The summed E-state index contributed by atoms with van der Waals surface area (Å²) in [6.07, 6.45) is 0. The number of hydrogen-bond acceptors (Lipinski definition) is 7. The second kappa shape index (κ2) is 8.81. The molecule has 0 fully saturated rings. The SMILES string of the molecule is COCC(C)n1c(C)cc(C(=O)CSc2nnnn2Cc2cccs2)c1C. The van der Waals surface area contributed by atoms with E-state index in [0.29, 0.717) is 24.1 Å². The summed E-state index contributed by atoms with van der Waals surface area (Å²) in [6.45, 7) is 7.31. The van der Waals surface area contributed by atoms with E-state index in [0.717, 1.165) is 17.0 Å². The largest absolute Gasteiger partial charge is 0.383 e. The molecular weight excluding hydrogens is 382 g/mol. The third-order valence-corrected chi connectivity index (χ3v) is 6.17. The summed E-state index contributed by atoms with van der Waals surface area (Å²) in [6, 6.07) is 6.18. The first-order valence-electron chi connectivity index (χ1n) is 8.63. The van der Waals surface area contributed by atoms with Crippen LogP contribution in [0.2, 0.25) is 0 Å². The van der Waals surface area contributed by atoms with Gasteiger partial charge in [-0.05, 0) is 48.7 Å². The van der Waals surface area contributed by atoms with Gasteiger partial charge in [0.25, 0.3) is 0 Å². The van der Waals surface area contributed by atoms with Gasteiger partial charge in [-0.3, -0.25) is 4.79 Å². The molecule has 0 radical (unpaired) electrons. The number of tetrazole rings is 1. The van der Waals surface area contributed by atoms with Crippen LogP contribution in [-0.2, 0) is 11.3 Å². The lowest BCUT2D eigenvalue weighted by Crippen LogP contribution is -2.15. The van der Waals surface area contributed by atoms with Crippen LogP contribution in [0.4, 0.5) is 0 Å². The molecule has 3 aromatic rings. The highest BCUT2D eigenvalue weighted by molar-refractivity contribution is 7.99. The lowest BCUT2D eigenvalue weighted by atomic mass is 10.2. The van der Waals surface area contributed by atoms with Crippen LogP contribution >= 0.6 is 23.1 Å². The highest BCUT2D eigenvalue weighted by Crippen LogP contribution is 2.24. The number of aromatic nitrogens is 5. The second-order valence-electron chi connectivity index (χ2n) is 6.37. The molecular formula is C18H23N5O2S2. The van der Waals surface area contributed by atoms with Crippen LogP contribution in [0.1, 0.15) is 39.6 Å². The zero-order valence-corrected chi connectivity index (χ0v) is 17.5. The Kier molecular flexibility index (Phi) is 6.46. The molecule has 0 aliphatic heterocycles. The third kappa shape index (κ3) is 4.48. The fourth-order valence-electron chi connectivity index (χ4n) is 3.21. The monoisotopic (exact) mass is 405 g/mol. The van der Waals surface area contributed by atoms with E-state index in [9.17, 15) is 4.79 Å². The van der Waals surface area contributed by atoms with E-state index in [2.05, 4.69) is 27.0 Å². The van der Waals surface area contributed by atoms with Crippen LogP contribution < -0.4 is 0 Å². The average Bonchev–Trinajstić information content (AvgIpc) is 3.35. The Bertz CT molecular complexity index is 901. The number of carbonyl (C=O) groups excluding carboxylic acids is 1. The Morgan fingerprint density at radius 2 is 2.22 bits per heavy atom. The van der Waals surface area contributed by atoms with Gasteiger partial charge < -0.3 is 9.30 Å². The van der Waals surface area contributed by atoms with Crippen molar-refractivity contribution >= 4 is 28.9 Å². The van der Waals surface area contributed by atoms with Crippen molar-refractivity contribution in [2.75, 3.05) is 19.5 Å². The molecule has 1 unspecified atom stereocenters. The number of aryl methyl sites for hydroxylation is 1. The zero-order valence-electron chi connectivity index (χ0n) is 15.9. The summed E-state index contributed by atoms with van der Waals surface area (Å²) >= 11 is 3.03. The van der Waals surface area contributed by atoms with E-state index < -0.39 is 0 Å². The molecule has 27 heavy (non-hydrogen) atoms. The van der Waals surface area contributed by atoms with Gasteiger partial charge in [0.15, 0.2) is 5.78 Å². The number of thiophene rings is 1. The van der Waals surface area contributed by atoms with Gasteiger partial charge in [-0.25, -0.2) is 4.68 Å². The smallest absolute Gasteiger partial charge is 0.210 e. The first-order valence-corrected chi connectivity index (χ1v) is 10.5. The maximum atomic E-state index is 12.8. The third-order valence-electron chi connectivity index (χ3n) is 4.35. The Morgan fingerprint density at radius 3 is 2.93 bits per heavy atom. The number of nitrogens with zero attached hydrogens (tertiary/aromatic N) is 5. The normalized spacial score (nSPS) is 12.4. The second-order valence-corrected chi connectivity index (χ2v) is 8.34. The fraction of sp³-hybridized carbons (Fsp3) is 0.444. The van der Waals surface area contributed by atoms with Crippen LogP contribution in [0, 0.1) is 13.8 Å². The molecule has 0 saturated carbocycles. The first kappa shape index (κ1) is 19.8. The van der Waals surface area contributed by atoms with Crippen molar-refractivity contribution in [3.63, 3.8) is 0 Å². The highest BCUT2D eigenvalue weighted by Gasteiger charge is 2.20. The molecule has 0 aromatic carbocycles. The summed E-state index contributed by atoms with van der Waals surface area (Å²) in [4.78, 5) is 14.0. The quantitative estimate of drug-likeness (QED) is 0.401. The minimum atomic E-state index is 0.0784. The van der Waals surface area contributed by atoms with Crippen LogP contribution in [0.25, 0.3) is 0 Å². The molecule has 3 heterocycles. The van der Waals surface area contributed by atoms with Gasteiger partial charge in [-0.2, -0.15) is 0 Å². The van der Waals surface area contributed by atoms with Crippen molar-refractivity contribution in [2.45, 2.75) is 38.5 Å². The molecule has 3 aromatic heterocycles. The zero-order chi connectivity index (χ0) is 19.4. The van der Waals surface area contributed by atoms with E-state index in [4.69, 9.17) is 4.74 Å². The van der Waals surface area contributed by atoms with Crippen LogP contribution in [0.5, 0.6) is 0 Å². The predicted molar refractivity (Wildman–Crippen MR) is 107 cm³/mol. The molecule has 7 nitrogen and oxygen atoms in total. The number of ether oxygens (including phenoxy) is 1. The summed E-state index contributed by atoms with van der Waals surface area (Å²) in [7, 11) is 1.69. The lowest BCUT2D eigenvalue weighted by molar-refractivity contribution is 0.102. The van der Waals surface area contributed by atoms with Crippen molar-refractivity contribution < 1.29 is 9.53 Å². The van der Waals surface area contributed by atoms with E-state index in [1.807, 2.05) is 37.4 Å².